The number of carbonyl (C=O) groups excluding carboxylic acids is 1. The van der Waals surface area contributed by atoms with Gasteiger partial charge >= 0.3 is 0 Å². The van der Waals surface area contributed by atoms with E-state index in [1.54, 1.807) is 19.7 Å². The van der Waals surface area contributed by atoms with Crippen molar-refractivity contribution in [1.29, 1.82) is 0 Å². The normalized spacial score (nSPS) is 15.4. The molecule has 0 N–H and O–H groups in total. The van der Waals surface area contributed by atoms with Crippen molar-refractivity contribution in [3.05, 3.63) is 89.6 Å². The van der Waals surface area contributed by atoms with E-state index in [-0.39, 0.29) is 17.7 Å². The summed E-state index contributed by atoms with van der Waals surface area (Å²) in [5, 5.41) is 15.6. The van der Waals surface area contributed by atoms with Crippen LogP contribution >= 0.6 is 23.4 Å². The molecule has 0 fully saturated rings. The average molecular weight is 494 g/mol. The van der Waals surface area contributed by atoms with Gasteiger partial charge in [-0.05, 0) is 42.0 Å². The Bertz CT molecular complexity index is 1320. The number of thioether (sulfide) groups is 1. The second kappa shape index (κ2) is 9.74. The van der Waals surface area contributed by atoms with Gasteiger partial charge in [-0.15, -0.1) is 10.2 Å². The van der Waals surface area contributed by atoms with Crippen molar-refractivity contribution in [1.82, 2.24) is 19.8 Å². The van der Waals surface area contributed by atoms with Crippen LogP contribution in [0.5, 0.6) is 5.75 Å². The molecule has 0 aliphatic carbocycles. The smallest absolute Gasteiger partial charge is 0.253 e. The van der Waals surface area contributed by atoms with Crippen molar-refractivity contribution >= 4 is 35.0 Å². The van der Waals surface area contributed by atoms with Gasteiger partial charge in [0.05, 0.1) is 30.5 Å². The third-order valence-corrected chi connectivity index (χ3v) is 6.57. The Morgan fingerprint density at radius 1 is 1.21 bits per heavy atom. The van der Waals surface area contributed by atoms with E-state index in [0.29, 0.717) is 22.4 Å². The number of halogens is 1. The summed E-state index contributed by atoms with van der Waals surface area (Å²) < 4.78 is 12.7. The molecule has 5 rings (SSSR count). The lowest BCUT2D eigenvalue weighted by atomic mass is 10.0. The van der Waals surface area contributed by atoms with Gasteiger partial charge < -0.3 is 9.15 Å². The van der Waals surface area contributed by atoms with E-state index < -0.39 is 0 Å². The molecule has 0 saturated carbocycles. The van der Waals surface area contributed by atoms with Gasteiger partial charge in [0, 0.05) is 17.5 Å². The summed E-state index contributed by atoms with van der Waals surface area (Å²) in [6, 6.07) is 18.3. The molecule has 1 aliphatic rings. The summed E-state index contributed by atoms with van der Waals surface area (Å²) in [7, 11) is 1.61. The van der Waals surface area contributed by atoms with Gasteiger partial charge in [0.2, 0.25) is 0 Å². The second-order valence-corrected chi connectivity index (χ2v) is 8.88. The quantitative estimate of drug-likeness (QED) is 0.337. The van der Waals surface area contributed by atoms with Crippen LogP contribution in [0.4, 0.5) is 0 Å². The number of carbonyl (C=O) groups is 1. The van der Waals surface area contributed by atoms with E-state index in [9.17, 15) is 4.79 Å². The summed E-state index contributed by atoms with van der Waals surface area (Å²) >= 11 is 7.32. The minimum absolute atomic E-state index is 0.136. The lowest BCUT2D eigenvalue weighted by Gasteiger charge is -2.19. The number of furan rings is 1. The van der Waals surface area contributed by atoms with Crippen molar-refractivity contribution in [2.75, 3.05) is 12.9 Å². The van der Waals surface area contributed by atoms with Crippen LogP contribution in [0.1, 0.15) is 23.8 Å². The van der Waals surface area contributed by atoms with Gasteiger partial charge in [0.25, 0.3) is 5.91 Å². The molecule has 172 valence electrons. The van der Waals surface area contributed by atoms with Crippen molar-refractivity contribution in [2.45, 2.75) is 17.6 Å². The number of nitrogens with zero attached hydrogens (tertiary/aromatic N) is 5. The summed E-state index contributed by atoms with van der Waals surface area (Å²) in [6.45, 7) is 0. The van der Waals surface area contributed by atoms with Crippen LogP contribution in [0.25, 0.3) is 5.69 Å². The Morgan fingerprint density at radius 3 is 2.82 bits per heavy atom. The zero-order chi connectivity index (χ0) is 23.5. The third-order valence-electron chi connectivity index (χ3n) is 5.39. The number of amides is 1. The first kappa shape index (κ1) is 22.2. The molecule has 0 spiro atoms. The lowest BCUT2D eigenvalue weighted by molar-refractivity contribution is -0.130. The molecule has 0 radical (unpaired) electrons. The first-order valence-corrected chi connectivity index (χ1v) is 11.8. The van der Waals surface area contributed by atoms with Crippen LogP contribution < -0.4 is 4.74 Å². The highest BCUT2D eigenvalue weighted by molar-refractivity contribution is 7.99. The second-order valence-electron chi connectivity index (χ2n) is 7.50. The van der Waals surface area contributed by atoms with E-state index in [4.69, 9.17) is 20.8 Å². The average Bonchev–Trinajstić information content (AvgIpc) is 3.63. The molecule has 34 heavy (non-hydrogen) atoms. The van der Waals surface area contributed by atoms with E-state index in [1.165, 1.54) is 16.8 Å². The summed E-state index contributed by atoms with van der Waals surface area (Å²) in [5.41, 5.74) is 2.56. The standard InChI is InChI=1S/C24H20ClN5O3S/c1-32-19-5-2-4-18(12-19)29-15-26-27-24(29)34-14-23(31)30-21(22-6-3-11-33-22)13-20(28-30)16-7-9-17(25)10-8-16/h2-12,15,21H,13-14H2,1H3. The lowest BCUT2D eigenvalue weighted by Crippen LogP contribution is -2.28. The molecule has 0 saturated heterocycles. The Labute approximate surface area is 205 Å². The van der Waals surface area contributed by atoms with Crippen molar-refractivity contribution in [3.8, 4) is 11.4 Å². The van der Waals surface area contributed by atoms with Crippen LogP contribution in [0.3, 0.4) is 0 Å². The third kappa shape index (κ3) is 4.57. The maximum atomic E-state index is 13.3. The molecule has 2 aromatic heterocycles. The Kier molecular flexibility index (Phi) is 6.37. The Morgan fingerprint density at radius 2 is 2.06 bits per heavy atom. The topological polar surface area (TPSA) is 85.8 Å². The largest absolute Gasteiger partial charge is 0.497 e. The van der Waals surface area contributed by atoms with Gasteiger partial charge in [-0.3, -0.25) is 9.36 Å². The van der Waals surface area contributed by atoms with Crippen LogP contribution in [0, 0.1) is 0 Å². The van der Waals surface area contributed by atoms with Crippen molar-refractivity contribution in [2.24, 2.45) is 5.10 Å². The monoisotopic (exact) mass is 493 g/mol. The molecule has 10 heteroatoms. The molecule has 0 bridgehead atoms. The Hall–Kier alpha value is -3.56. The number of hydrogen-bond donors (Lipinski definition) is 0. The van der Waals surface area contributed by atoms with E-state index >= 15 is 0 Å². The van der Waals surface area contributed by atoms with Gasteiger partial charge in [0.15, 0.2) is 5.16 Å². The highest BCUT2D eigenvalue weighted by atomic mass is 35.5. The summed E-state index contributed by atoms with van der Waals surface area (Å²) in [4.78, 5) is 13.3. The predicted molar refractivity (Wildman–Crippen MR) is 130 cm³/mol. The number of rotatable bonds is 7. The first-order valence-electron chi connectivity index (χ1n) is 10.5. The molecule has 3 heterocycles. The maximum Gasteiger partial charge on any atom is 0.253 e. The summed E-state index contributed by atoms with van der Waals surface area (Å²) in [6.07, 6.45) is 3.76. The highest BCUT2D eigenvalue weighted by Crippen LogP contribution is 2.34. The van der Waals surface area contributed by atoms with Gasteiger partial charge in [-0.25, -0.2) is 5.01 Å². The molecule has 4 aromatic rings. The zero-order valence-corrected chi connectivity index (χ0v) is 19.7. The van der Waals surface area contributed by atoms with Crippen molar-refractivity contribution in [3.63, 3.8) is 0 Å². The predicted octanol–water partition coefficient (Wildman–Crippen LogP) is 4.99. The van der Waals surface area contributed by atoms with Gasteiger partial charge in [0.1, 0.15) is 23.9 Å². The minimum Gasteiger partial charge on any atom is -0.497 e. The van der Waals surface area contributed by atoms with E-state index in [1.807, 2.05) is 65.2 Å². The minimum atomic E-state index is -0.315. The molecule has 1 unspecified atom stereocenters. The Balaban J connectivity index is 1.36. The van der Waals surface area contributed by atoms with Crippen molar-refractivity contribution < 1.29 is 13.9 Å². The first-order chi connectivity index (χ1) is 16.6. The molecule has 1 atom stereocenters. The number of hydrogen-bond acceptors (Lipinski definition) is 7. The molecular formula is C24H20ClN5O3S. The number of aromatic nitrogens is 3. The van der Waals surface area contributed by atoms with Crippen LogP contribution in [0.15, 0.2) is 87.9 Å². The number of hydrazone groups is 1. The van der Waals surface area contributed by atoms with Crippen LogP contribution in [0.2, 0.25) is 5.02 Å². The molecular weight excluding hydrogens is 474 g/mol. The molecule has 1 aliphatic heterocycles. The van der Waals surface area contributed by atoms with Gasteiger partial charge in [-0.2, -0.15) is 5.10 Å². The van der Waals surface area contributed by atoms with Crippen LogP contribution in [-0.4, -0.2) is 44.3 Å². The van der Waals surface area contributed by atoms with Gasteiger partial charge in [-0.1, -0.05) is 41.6 Å². The molecule has 1 amide bonds. The van der Waals surface area contributed by atoms with Crippen LogP contribution in [-0.2, 0) is 4.79 Å². The van der Waals surface area contributed by atoms with E-state index in [0.717, 1.165) is 22.7 Å². The molecule has 2 aromatic carbocycles. The number of ether oxygens (including phenoxy) is 1. The maximum absolute atomic E-state index is 13.3. The summed E-state index contributed by atoms with van der Waals surface area (Å²) in [5.74, 6) is 1.39. The number of methoxy groups -OCH3 is 1. The highest BCUT2D eigenvalue weighted by Gasteiger charge is 2.35. The zero-order valence-electron chi connectivity index (χ0n) is 18.2. The molecule has 8 nitrogen and oxygen atoms in total. The SMILES string of the molecule is COc1cccc(-n2cnnc2SCC(=O)N2N=C(c3ccc(Cl)cc3)CC2c2ccco2)c1. The fourth-order valence-corrected chi connectivity index (χ4v) is 4.62. The number of benzene rings is 2. The van der Waals surface area contributed by atoms with E-state index in [2.05, 4.69) is 15.3 Å². The fourth-order valence-electron chi connectivity index (χ4n) is 3.71. The fraction of sp³-hybridized carbons (Fsp3) is 0.167.